The number of carbonyl (C=O) groups excluding carboxylic acids is 4. The molecule has 40 heavy (non-hydrogen) atoms. The third-order valence-electron chi connectivity index (χ3n) is 6.52. The Morgan fingerprint density at radius 2 is 1.62 bits per heavy atom. The number of aromatic nitrogens is 1. The van der Waals surface area contributed by atoms with Gasteiger partial charge in [-0.1, -0.05) is 18.2 Å². The molecule has 2 heterocycles. The predicted molar refractivity (Wildman–Crippen MR) is 151 cm³/mol. The molecule has 0 aliphatic carbocycles. The van der Waals surface area contributed by atoms with Crippen molar-refractivity contribution in [3.63, 3.8) is 0 Å². The van der Waals surface area contributed by atoms with E-state index in [9.17, 15) is 19.2 Å². The van der Waals surface area contributed by atoms with Crippen molar-refractivity contribution in [1.29, 1.82) is 0 Å². The first-order chi connectivity index (χ1) is 19.2. The van der Waals surface area contributed by atoms with Gasteiger partial charge >= 0.3 is 5.97 Å². The molecule has 0 aliphatic rings. The van der Waals surface area contributed by atoms with Gasteiger partial charge in [-0.2, -0.15) is 0 Å². The summed E-state index contributed by atoms with van der Waals surface area (Å²) in [6.07, 6.45) is 0. The quantitative estimate of drug-likeness (QED) is 0.216. The Balaban J connectivity index is 1.67. The molecule has 0 spiro atoms. The van der Waals surface area contributed by atoms with Gasteiger partial charge in [-0.3, -0.25) is 14.4 Å². The van der Waals surface area contributed by atoms with Crippen LogP contribution in [0.3, 0.4) is 0 Å². The zero-order chi connectivity index (χ0) is 28.8. The zero-order valence-electron chi connectivity index (χ0n) is 22.4. The molecule has 2 amide bonds. The monoisotopic (exact) mass is 559 g/mol. The van der Waals surface area contributed by atoms with Crippen molar-refractivity contribution in [2.45, 2.75) is 20.0 Å². The highest BCUT2D eigenvalue weighted by atomic mass is 32.1. The molecule has 0 bridgehead atoms. The van der Waals surface area contributed by atoms with Gasteiger partial charge in [0.2, 0.25) is 0 Å². The second-order valence-corrected chi connectivity index (χ2v) is 10.1. The van der Waals surface area contributed by atoms with E-state index in [1.54, 1.807) is 60.0 Å². The number of hydrogen-bond acceptors (Lipinski definition) is 7. The number of ketones is 1. The summed E-state index contributed by atoms with van der Waals surface area (Å²) in [6, 6.07) is 18.6. The number of nitrogens with two attached hydrogens (primary N) is 1. The Morgan fingerprint density at radius 3 is 2.20 bits per heavy atom. The van der Waals surface area contributed by atoms with Gasteiger partial charge in [0.25, 0.3) is 11.8 Å². The van der Waals surface area contributed by atoms with Gasteiger partial charge in [0.1, 0.15) is 5.75 Å². The zero-order valence-corrected chi connectivity index (χ0v) is 23.2. The lowest BCUT2D eigenvalue weighted by Gasteiger charge is -2.23. The minimum Gasteiger partial charge on any atom is -0.497 e. The second-order valence-electron chi connectivity index (χ2n) is 9.06. The number of methoxy groups -OCH3 is 2. The molecule has 2 N–H and O–H groups in total. The van der Waals surface area contributed by atoms with Crippen LogP contribution in [-0.4, -0.2) is 53.8 Å². The van der Waals surface area contributed by atoms with Crippen LogP contribution in [-0.2, 0) is 17.8 Å². The summed E-state index contributed by atoms with van der Waals surface area (Å²) in [5.41, 5.74) is 8.18. The Bertz CT molecular complexity index is 1520. The average molecular weight is 560 g/mol. The number of benzene rings is 2. The molecule has 0 saturated carbocycles. The first kappa shape index (κ1) is 28.3. The summed E-state index contributed by atoms with van der Waals surface area (Å²) < 4.78 is 11.7. The average Bonchev–Trinajstić information content (AvgIpc) is 3.60. The van der Waals surface area contributed by atoms with Crippen LogP contribution in [0.25, 0.3) is 0 Å². The van der Waals surface area contributed by atoms with Gasteiger partial charge < -0.3 is 24.7 Å². The fraction of sp³-hybridized carbons (Fsp3) is 0.200. The minimum absolute atomic E-state index is 0.103. The van der Waals surface area contributed by atoms with Gasteiger partial charge in [-0.05, 0) is 66.4 Å². The third kappa shape index (κ3) is 6.29. The molecule has 0 saturated heterocycles. The Morgan fingerprint density at radius 1 is 0.950 bits per heavy atom. The Hall–Kier alpha value is -4.70. The molecule has 0 aliphatic heterocycles. The highest BCUT2D eigenvalue weighted by Gasteiger charge is 2.25. The van der Waals surface area contributed by atoms with E-state index in [4.69, 9.17) is 15.2 Å². The van der Waals surface area contributed by atoms with Crippen LogP contribution in [0.2, 0.25) is 0 Å². The fourth-order valence-electron chi connectivity index (χ4n) is 4.34. The van der Waals surface area contributed by atoms with Gasteiger partial charge in [0, 0.05) is 22.7 Å². The number of primary amides is 1. The lowest BCUT2D eigenvalue weighted by atomic mass is 10.1. The maximum absolute atomic E-state index is 13.8. The van der Waals surface area contributed by atoms with Crippen LogP contribution < -0.4 is 10.5 Å². The molecule has 206 valence electrons. The van der Waals surface area contributed by atoms with Crippen molar-refractivity contribution in [3.05, 3.63) is 111 Å². The highest BCUT2D eigenvalue weighted by molar-refractivity contribution is 7.09. The van der Waals surface area contributed by atoms with Crippen LogP contribution >= 0.6 is 11.3 Å². The van der Waals surface area contributed by atoms with Gasteiger partial charge in [-0.15, -0.1) is 11.3 Å². The first-order valence-electron chi connectivity index (χ1n) is 12.4. The highest BCUT2D eigenvalue weighted by Crippen LogP contribution is 2.22. The molecular weight excluding hydrogens is 530 g/mol. The van der Waals surface area contributed by atoms with E-state index in [2.05, 4.69) is 0 Å². The number of thiophene rings is 1. The van der Waals surface area contributed by atoms with Crippen LogP contribution in [0.15, 0.2) is 72.1 Å². The Kier molecular flexibility index (Phi) is 8.80. The van der Waals surface area contributed by atoms with Crippen molar-refractivity contribution >= 4 is 34.9 Å². The number of esters is 1. The molecule has 0 unspecified atom stereocenters. The van der Waals surface area contributed by atoms with Crippen molar-refractivity contribution in [1.82, 2.24) is 9.47 Å². The van der Waals surface area contributed by atoms with Crippen LogP contribution in [0.1, 0.15) is 57.7 Å². The standard InChI is InChI=1S/C30H29N3O6S/c1-19-25(28(31)35)15-26(33(19)17-24-5-4-14-40-24)27(34)18-32(29(36)21-10-12-23(38-2)13-11-21)16-20-6-8-22(9-7-20)30(37)39-3/h4-15H,16-18H2,1-3H3,(H2,31,35). The van der Waals surface area contributed by atoms with E-state index in [-0.39, 0.29) is 36.0 Å². The number of ether oxygens (including phenoxy) is 2. The summed E-state index contributed by atoms with van der Waals surface area (Å²) >= 11 is 1.53. The summed E-state index contributed by atoms with van der Waals surface area (Å²) in [7, 11) is 2.84. The van der Waals surface area contributed by atoms with E-state index in [1.165, 1.54) is 36.5 Å². The topological polar surface area (TPSA) is 121 Å². The number of amides is 2. The molecule has 9 nitrogen and oxygen atoms in total. The van der Waals surface area contributed by atoms with E-state index in [1.807, 2.05) is 17.5 Å². The number of rotatable bonds is 11. The number of carbonyl (C=O) groups is 4. The lowest BCUT2D eigenvalue weighted by molar-refractivity contribution is 0.0600. The van der Waals surface area contributed by atoms with E-state index < -0.39 is 11.9 Å². The molecule has 2 aromatic heterocycles. The SMILES string of the molecule is COC(=O)c1ccc(CN(CC(=O)c2cc(C(N)=O)c(C)n2Cc2cccs2)C(=O)c2ccc(OC)cc2)cc1. The molecule has 0 radical (unpaired) electrons. The Labute approximate surface area is 235 Å². The molecule has 0 fully saturated rings. The summed E-state index contributed by atoms with van der Waals surface area (Å²) in [5, 5.41) is 1.94. The molecule has 4 aromatic rings. The third-order valence-corrected chi connectivity index (χ3v) is 7.38. The first-order valence-corrected chi connectivity index (χ1v) is 13.3. The van der Waals surface area contributed by atoms with E-state index >= 15 is 0 Å². The molecule has 4 rings (SSSR count). The van der Waals surface area contributed by atoms with Gasteiger partial charge in [-0.25, -0.2) is 4.79 Å². The summed E-state index contributed by atoms with van der Waals surface area (Å²) in [4.78, 5) is 53.8. The van der Waals surface area contributed by atoms with Crippen LogP contribution in [0.5, 0.6) is 5.75 Å². The van der Waals surface area contributed by atoms with Crippen molar-refractivity contribution in [3.8, 4) is 5.75 Å². The van der Waals surface area contributed by atoms with E-state index in [0.29, 0.717) is 34.7 Å². The smallest absolute Gasteiger partial charge is 0.337 e. The second kappa shape index (κ2) is 12.4. The number of hydrogen-bond donors (Lipinski definition) is 1. The van der Waals surface area contributed by atoms with Crippen LogP contribution in [0.4, 0.5) is 0 Å². The summed E-state index contributed by atoms with van der Waals surface area (Å²) in [6.45, 7) is 1.98. The van der Waals surface area contributed by atoms with Crippen molar-refractivity contribution in [2.24, 2.45) is 5.73 Å². The van der Waals surface area contributed by atoms with Gasteiger partial charge in [0.15, 0.2) is 5.78 Å². The maximum atomic E-state index is 13.8. The minimum atomic E-state index is -0.631. The van der Waals surface area contributed by atoms with Gasteiger partial charge in [0.05, 0.1) is 44.1 Å². The summed E-state index contributed by atoms with van der Waals surface area (Å²) in [5.74, 6) is -1.22. The van der Waals surface area contributed by atoms with Crippen molar-refractivity contribution in [2.75, 3.05) is 20.8 Å². The van der Waals surface area contributed by atoms with E-state index in [0.717, 1.165) is 4.88 Å². The molecular formula is C30H29N3O6S. The van der Waals surface area contributed by atoms with Crippen molar-refractivity contribution < 1.29 is 28.7 Å². The number of nitrogens with zero attached hydrogens (tertiary/aromatic N) is 2. The lowest BCUT2D eigenvalue weighted by Crippen LogP contribution is -2.36. The molecule has 10 heteroatoms. The largest absolute Gasteiger partial charge is 0.497 e. The molecule has 2 aromatic carbocycles. The maximum Gasteiger partial charge on any atom is 0.337 e. The molecule has 0 atom stereocenters. The normalized spacial score (nSPS) is 10.7. The van der Waals surface area contributed by atoms with Crippen LogP contribution in [0, 0.1) is 6.92 Å². The predicted octanol–water partition coefficient (Wildman–Crippen LogP) is 4.33. The fourth-order valence-corrected chi connectivity index (χ4v) is 5.03. The number of Topliss-reactive ketones (excluding diaryl/α,β-unsaturated/α-hetero) is 1.